The second kappa shape index (κ2) is 5.83. The van der Waals surface area contributed by atoms with Gasteiger partial charge in [-0.25, -0.2) is 0 Å². The van der Waals surface area contributed by atoms with Crippen LogP contribution in [0.2, 0.25) is 0 Å². The number of carbonyl (C=O) groups is 1. The van der Waals surface area contributed by atoms with Crippen molar-refractivity contribution in [1.29, 1.82) is 0 Å². The van der Waals surface area contributed by atoms with Crippen LogP contribution in [-0.2, 0) is 9.53 Å². The Morgan fingerprint density at radius 1 is 1.35 bits per heavy atom. The van der Waals surface area contributed by atoms with E-state index in [2.05, 4.69) is 24.1 Å². The zero-order valence-electron chi connectivity index (χ0n) is 10.9. The molecule has 1 saturated carbocycles. The van der Waals surface area contributed by atoms with Gasteiger partial charge in [0.25, 0.3) is 0 Å². The van der Waals surface area contributed by atoms with Crippen molar-refractivity contribution in [2.75, 3.05) is 19.7 Å². The van der Waals surface area contributed by atoms with Gasteiger partial charge < -0.3 is 10.1 Å². The highest BCUT2D eigenvalue weighted by molar-refractivity contribution is 5.78. The van der Waals surface area contributed by atoms with E-state index >= 15 is 0 Å². The van der Waals surface area contributed by atoms with Gasteiger partial charge in [0.1, 0.15) is 0 Å². The summed E-state index contributed by atoms with van der Waals surface area (Å²) in [6, 6.07) is 0.775. The van der Waals surface area contributed by atoms with Crippen LogP contribution in [-0.4, -0.2) is 48.7 Å². The van der Waals surface area contributed by atoms with Gasteiger partial charge in [0, 0.05) is 18.6 Å². The van der Waals surface area contributed by atoms with Crippen molar-refractivity contribution in [3.8, 4) is 0 Å². The van der Waals surface area contributed by atoms with Crippen molar-refractivity contribution in [2.24, 2.45) is 0 Å². The van der Waals surface area contributed by atoms with Crippen molar-refractivity contribution in [3.05, 3.63) is 0 Å². The van der Waals surface area contributed by atoms with Gasteiger partial charge in [0.05, 0.1) is 19.3 Å². The molecule has 17 heavy (non-hydrogen) atoms. The molecule has 0 bridgehead atoms. The standard InChI is InChI=1S/C13H24N2O2/c1-10-9-17-11(2)7-15(10)8-13(16)14-12-5-3-4-6-12/h10-12H,3-9H2,1-2H3,(H,14,16). The minimum Gasteiger partial charge on any atom is -0.376 e. The highest BCUT2D eigenvalue weighted by Crippen LogP contribution is 2.17. The number of morpholine rings is 1. The summed E-state index contributed by atoms with van der Waals surface area (Å²) in [4.78, 5) is 14.1. The van der Waals surface area contributed by atoms with Gasteiger partial charge >= 0.3 is 0 Å². The Bertz CT molecular complexity index is 264. The van der Waals surface area contributed by atoms with Gasteiger partial charge in [-0.2, -0.15) is 0 Å². The van der Waals surface area contributed by atoms with Gasteiger partial charge in [-0.05, 0) is 26.7 Å². The molecule has 0 aromatic heterocycles. The maximum atomic E-state index is 11.9. The molecule has 2 aliphatic rings. The van der Waals surface area contributed by atoms with Crippen molar-refractivity contribution in [3.63, 3.8) is 0 Å². The Morgan fingerprint density at radius 3 is 2.76 bits per heavy atom. The van der Waals surface area contributed by atoms with Crippen LogP contribution >= 0.6 is 0 Å². The molecule has 1 aliphatic heterocycles. The van der Waals surface area contributed by atoms with Crippen molar-refractivity contribution >= 4 is 5.91 Å². The molecular weight excluding hydrogens is 216 g/mol. The van der Waals surface area contributed by atoms with Gasteiger partial charge in [-0.15, -0.1) is 0 Å². The molecule has 0 aromatic carbocycles. The predicted molar refractivity (Wildman–Crippen MR) is 66.8 cm³/mol. The quantitative estimate of drug-likeness (QED) is 0.804. The molecule has 0 aromatic rings. The van der Waals surface area contributed by atoms with E-state index in [0.717, 1.165) is 26.0 Å². The monoisotopic (exact) mass is 240 g/mol. The molecule has 2 atom stereocenters. The summed E-state index contributed by atoms with van der Waals surface area (Å²) in [6.45, 7) is 6.30. The molecule has 2 rings (SSSR count). The number of hydrogen-bond donors (Lipinski definition) is 1. The Hall–Kier alpha value is -0.610. The van der Waals surface area contributed by atoms with E-state index in [1.165, 1.54) is 12.8 Å². The molecule has 0 radical (unpaired) electrons. The number of rotatable bonds is 3. The molecule has 0 spiro atoms. The van der Waals surface area contributed by atoms with Crippen LogP contribution in [0, 0.1) is 0 Å². The molecule has 2 unspecified atom stereocenters. The van der Waals surface area contributed by atoms with Crippen LogP contribution in [0.4, 0.5) is 0 Å². The zero-order valence-corrected chi connectivity index (χ0v) is 10.9. The van der Waals surface area contributed by atoms with Gasteiger partial charge in [-0.1, -0.05) is 12.8 Å². The molecule has 1 amide bonds. The predicted octanol–water partition coefficient (Wildman–Crippen LogP) is 1.15. The second-order valence-electron chi connectivity index (χ2n) is 5.47. The summed E-state index contributed by atoms with van der Waals surface area (Å²) in [5, 5.41) is 3.14. The van der Waals surface area contributed by atoms with Crippen LogP contribution in [0.5, 0.6) is 0 Å². The molecular formula is C13H24N2O2. The highest BCUT2D eigenvalue weighted by atomic mass is 16.5. The zero-order chi connectivity index (χ0) is 12.3. The fourth-order valence-corrected chi connectivity index (χ4v) is 2.72. The lowest BCUT2D eigenvalue weighted by atomic mass is 10.2. The van der Waals surface area contributed by atoms with E-state index in [0.29, 0.717) is 18.6 Å². The Balaban J connectivity index is 1.76. The molecule has 1 N–H and O–H groups in total. The van der Waals surface area contributed by atoms with Crippen molar-refractivity contribution in [2.45, 2.75) is 57.7 Å². The van der Waals surface area contributed by atoms with Crippen LogP contribution in [0.15, 0.2) is 0 Å². The van der Waals surface area contributed by atoms with E-state index < -0.39 is 0 Å². The molecule has 4 heteroatoms. The molecule has 98 valence electrons. The molecule has 1 saturated heterocycles. The summed E-state index contributed by atoms with van der Waals surface area (Å²) >= 11 is 0. The number of nitrogens with zero attached hydrogens (tertiary/aromatic N) is 1. The summed E-state index contributed by atoms with van der Waals surface area (Å²) in [7, 11) is 0. The van der Waals surface area contributed by atoms with Crippen molar-refractivity contribution < 1.29 is 9.53 Å². The Kier molecular flexibility index (Phi) is 4.40. The third kappa shape index (κ3) is 3.68. The second-order valence-corrected chi connectivity index (χ2v) is 5.47. The number of carbonyl (C=O) groups excluding carboxylic acids is 1. The van der Waals surface area contributed by atoms with E-state index in [1.54, 1.807) is 0 Å². The fourth-order valence-electron chi connectivity index (χ4n) is 2.72. The first-order chi connectivity index (χ1) is 8.15. The summed E-state index contributed by atoms with van der Waals surface area (Å²) < 4.78 is 5.56. The third-order valence-corrected chi connectivity index (χ3v) is 3.80. The first kappa shape index (κ1) is 12.8. The van der Waals surface area contributed by atoms with Gasteiger partial charge in [0.2, 0.25) is 5.91 Å². The summed E-state index contributed by atoms with van der Waals surface area (Å²) in [6.07, 6.45) is 5.07. The molecule has 4 nitrogen and oxygen atoms in total. The minimum atomic E-state index is 0.179. The molecule has 2 fully saturated rings. The average molecular weight is 240 g/mol. The van der Waals surface area contributed by atoms with E-state index in [1.807, 2.05) is 0 Å². The number of nitrogens with one attached hydrogen (secondary N) is 1. The maximum absolute atomic E-state index is 11.9. The lowest BCUT2D eigenvalue weighted by Gasteiger charge is -2.36. The van der Waals surface area contributed by atoms with Gasteiger partial charge in [0.15, 0.2) is 0 Å². The van der Waals surface area contributed by atoms with Crippen LogP contribution in [0.1, 0.15) is 39.5 Å². The third-order valence-electron chi connectivity index (χ3n) is 3.80. The lowest BCUT2D eigenvalue weighted by molar-refractivity contribution is -0.126. The summed E-state index contributed by atoms with van der Waals surface area (Å²) in [5.74, 6) is 0.179. The van der Waals surface area contributed by atoms with Crippen LogP contribution in [0.3, 0.4) is 0 Å². The number of amides is 1. The summed E-state index contributed by atoms with van der Waals surface area (Å²) in [5.41, 5.74) is 0. The lowest BCUT2D eigenvalue weighted by Crippen LogP contribution is -2.51. The minimum absolute atomic E-state index is 0.179. The van der Waals surface area contributed by atoms with Crippen LogP contribution < -0.4 is 5.32 Å². The average Bonchev–Trinajstić information content (AvgIpc) is 2.76. The SMILES string of the molecule is CC1CN(CC(=O)NC2CCCC2)C(C)CO1. The van der Waals surface area contributed by atoms with E-state index in [9.17, 15) is 4.79 Å². The van der Waals surface area contributed by atoms with E-state index in [4.69, 9.17) is 4.74 Å². The normalized spacial score (nSPS) is 31.6. The smallest absolute Gasteiger partial charge is 0.234 e. The molecule has 1 heterocycles. The number of ether oxygens (including phenoxy) is 1. The highest BCUT2D eigenvalue weighted by Gasteiger charge is 2.26. The first-order valence-corrected chi connectivity index (χ1v) is 6.80. The van der Waals surface area contributed by atoms with E-state index in [-0.39, 0.29) is 12.0 Å². The largest absolute Gasteiger partial charge is 0.376 e. The maximum Gasteiger partial charge on any atom is 0.234 e. The van der Waals surface area contributed by atoms with Crippen LogP contribution in [0.25, 0.3) is 0 Å². The fraction of sp³-hybridized carbons (Fsp3) is 0.923. The number of hydrogen-bond acceptors (Lipinski definition) is 3. The Morgan fingerprint density at radius 2 is 2.06 bits per heavy atom. The Labute approximate surface area is 104 Å². The topological polar surface area (TPSA) is 41.6 Å². The van der Waals surface area contributed by atoms with Gasteiger partial charge in [-0.3, -0.25) is 9.69 Å². The van der Waals surface area contributed by atoms with Crippen molar-refractivity contribution in [1.82, 2.24) is 10.2 Å². The first-order valence-electron chi connectivity index (χ1n) is 6.80. The molecule has 1 aliphatic carbocycles.